The normalized spacial score (nSPS) is 15.5. The molecule has 0 aliphatic carbocycles. The molecule has 2 unspecified atom stereocenters. The van der Waals surface area contributed by atoms with Crippen LogP contribution in [0, 0.1) is 5.41 Å². The van der Waals surface area contributed by atoms with Crippen LogP contribution in [-0.4, -0.2) is 49.2 Å². The van der Waals surface area contributed by atoms with Gasteiger partial charge in [0.2, 0.25) is 0 Å². The van der Waals surface area contributed by atoms with Crippen molar-refractivity contribution in [3.05, 3.63) is 0 Å². The van der Waals surface area contributed by atoms with Crippen LogP contribution in [0.4, 0.5) is 0 Å². The van der Waals surface area contributed by atoms with Crippen LogP contribution >= 0.6 is 0 Å². The topological polar surface area (TPSA) is 95.5 Å². The first-order valence-electron chi connectivity index (χ1n) is 12.9. The number of hydrogen-bond donors (Lipinski definition) is 3. The number of carbonyl (C=O) groups excluding carboxylic acids is 1. The molecule has 0 rings (SSSR count). The molecule has 0 saturated heterocycles. The number of hydrogen-bond acceptors (Lipinski definition) is 5. The maximum absolute atomic E-state index is 13.2. The summed E-state index contributed by atoms with van der Waals surface area (Å²) in [5.74, 6) is -0.801. The van der Waals surface area contributed by atoms with Gasteiger partial charge in [-0.1, -0.05) is 79.1 Å². The fourth-order valence-corrected chi connectivity index (χ4v) is 5.30. The molecule has 0 aromatic rings. The Kier molecular flexibility index (Phi) is 15.9. The van der Waals surface area contributed by atoms with Crippen molar-refractivity contribution in [1.82, 2.24) is 10.6 Å². The number of nitrogens with one attached hydrogen (secondary N) is 2. The van der Waals surface area contributed by atoms with E-state index in [0.29, 0.717) is 13.1 Å². The lowest BCUT2D eigenvalue weighted by atomic mass is 9.74. The minimum Gasteiger partial charge on any atom is -0.306 e. The molecular formula is C25H52N2O4S. The van der Waals surface area contributed by atoms with Crippen LogP contribution in [0.3, 0.4) is 0 Å². The summed E-state index contributed by atoms with van der Waals surface area (Å²) < 4.78 is 32.8. The first-order valence-corrected chi connectivity index (χ1v) is 14.6. The average molecular weight is 477 g/mol. The highest BCUT2D eigenvalue weighted by Crippen LogP contribution is 2.37. The quantitative estimate of drug-likeness (QED) is 0.149. The van der Waals surface area contributed by atoms with E-state index in [-0.39, 0.29) is 11.2 Å². The maximum Gasteiger partial charge on any atom is 0.266 e. The van der Waals surface area contributed by atoms with Crippen LogP contribution in [0.15, 0.2) is 0 Å². The molecule has 0 saturated carbocycles. The lowest BCUT2D eigenvalue weighted by Gasteiger charge is -2.35. The van der Waals surface area contributed by atoms with E-state index in [1.807, 2.05) is 0 Å². The SMILES string of the molecule is CCCCCCNC(C)(C)C(=O)C(CS(=O)(=O)O)NCCC(CC)(CCC)CCCCC. The summed E-state index contributed by atoms with van der Waals surface area (Å²) in [5.41, 5.74) is -0.642. The standard InChI is InChI=1S/C25H52N2O4S/c1-7-11-13-15-19-27-24(5,6)23(28)22(21-32(29,30)31)26-20-18-25(10-4,16-9-3)17-14-12-8-2/h22,26-27H,7-21H2,1-6H3,(H,29,30,31). The average Bonchev–Trinajstić information content (AvgIpc) is 2.71. The number of ketones is 1. The lowest BCUT2D eigenvalue weighted by molar-refractivity contribution is -0.126. The largest absolute Gasteiger partial charge is 0.306 e. The van der Waals surface area contributed by atoms with Crippen LogP contribution in [0.1, 0.15) is 119 Å². The second-order valence-corrected chi connectivity index (χ2v) is 11.5. The van der Waals surface area contributed by atoms with Gasteiger partial charge in [-0.05, 0) is 58.0 Å². The molecule has 0 spiro atoms. The summed E-state index contributed by atoms with van der Waals surface area (Å²) in [4.78, 5) is 13.2. The minimum atomic E-state index is -4.27. The molecule has 0 aliphatic rings. The predicted molar refractivity (Wildman–Crippen MR) is 136 cm³/mol. The van der Waals surface area contributed by atoms with Crippen LogP contribution in [0.5, 0.6) is 0 Å². The lowest BCUT2D eigenvalue weighted by Crippen LogP contribution is -2.57. The first kappa shape index (κ1) is 31.5. The highest BCUT2D eigenvalue weighted by atomic mass is 32.2. The maximum atomic E-state index is 13.2. The Morgan fingerprint density at radius 2 is 1.47 bits per heavy atom. The van der Waals surface area contributed by atoms with E-state index in [0.717, 1.165) is 57.8 Å². The second kappa shape index (κ2) is 16.2. The Labute approximate surface area is 198 Å². The van der Waals surface area contributed by atoms with Crippen molar-refractivity contribution in [3.63, 3.8) is 0 Å². The van der Waals surface area contributed by atoms with Crippen LogP contribution < -0.4 is 10.6 Å². The van der Waals surface area contributed by atoms with Crippen LogP contribution in [0.2, 0.25) is 0 Å². The molecule has 192 valence electrons. The van der Waals surface area contributed by atoms with E-state index in [2.05, 4.69) is 38.3 Å². The van der Waals surface area contributed by atoms with Gasteiger partial charge in [-0.2, -0.15) is 8.42 Å². The number of carbonyl (C=O) groups is 1. The smallest absolute Gasteiger partial charge is 0.266 e. The zero-order valence-corrected chi connectivity index (χ0v) is 22.6. The third-order valence-electron chi connectivity index (χ3n) is 6.79. The van der Waals surface area contributed by atoms with E-state index >= 15 is 0 Å². The van der Waals surface area contributed by atoms with Crippen molar-refractivity contribution in [3.8, 4) is 0 Å². The molecule has 0 amide bonds. The van der Waals surface area contributed by atoms with Crippen molar-refractivity contribution < 1.29 is 17.8 Å². The summed E-state index contributed by atoms with van der Waals surface area (Å²) in [7, 11) is -4.27. The zero-order chi connectivity index (χ0) is 24.7. The molecule has 32 heavy (non-hydrogen) atoms. The summed E-state index contributed by atoms with van der Waals surface area (Å²) in [6.45, 7) is 13.7. The highest BCUT2D eigenvalue weighted by molar-refractivity contribution is 7.85. The summed E-state index contributed by atoms with van der Waals surface area (Å²) in [6, 6.07) is -0.921. The number of unbranched alkanes of at least 4 members (excludes halogenated alkanes) is 5. The molecule has 7 heteroatoms. The van der Waals surface area contributed by atoms with Gasteiger partial charge in [-0.25, -0.2) is 0 Å². The van der Waals surface area contributed by atoms with Gasteiger partial charge in [0, 0.05) is 0 Å². The summed E-state index contributed by atoms with van der Waals surface area (Å²) in [6.07, 6.45) is 13.4. The van der Waals surface area contributed by atoms with E-state index in [9.17, 15) is 17.8 Å². The Balaban J connectivity index is 5.15. The van der Waals surface area contributed by atoms with E-state index in [1.54, 1.807) is 13.8 Å². The molecule has 0 bridgehead atoms. The van der Waals surface area contributed by atoms with Gasteiger partial charge in [0.25, 0.3) is 10.1 Å². The van der Waals surface area contributed by atoms with Crippen molar-refractivity contribution in [2.75, 3.05) is 18.8 Å². The molecule has 0 heterocycles. The third-order valence-corrected chi connectivity index (χ3v) is 7.55. The van der Waals surface area contributed by atoms with E-state index < -0.39 is 27.5 Å². The fourth-order valence-electron chi connectivity index (χ4n) is 4.61. The number of Topliss-reactive ketones (excluding diaryl/α,β-unsaturated/α-hetero) is 1. The minimum absolute atomic E-state index is 0.214. The molecule has 0 fully saturated rings. The van der Waals surface area contributed by atoms with Gasteiger partial charge in [-0.3, -0.25) is 9.35 Å². The van der Waals surface area contributed by atoms with E-state index in [4.69, 9.17) is 0 Å². The van der Waals surface area contributed by atoms with Crippen LogP contribution in [-0.2, 0) is 14.9 Å². The molecular weight excluding hydrogens is 424 g/mol. The third kappa shape index (κ3) is 13.3. The first-order chi connectivity index (χ1) is 15.0. The van der Waals surface area contributed by atoms with E-state index in [1.165, 1.54) is 19.3 Å². The molecule has 6 nitrogen and oxygen atoms in total. The Bertz CT molecular complexity index is 607. The fraction of sp³-hybridized carbons (Fsp3) is 0.960. The Morgan fingerprint density at radius 3 is 2.00 bits per heavy atom. The molecule has 0 aliphatic heterocycles. The van der Waals surface area contributed by atoms with Crippen molar-refractivity contribution in [1.29, 1.82) is 0 Å². The van der Waals surface area contributed by atoms with Crippen molar-refractivity contribution in [2.45, 2.75) is 130 Å². The van der Waals surface area contributed by atoms with Gasteiger partial charge in [0.15, 0.2) is 5.78 Å². The number of rotatable bonds is 21. The van der Waals surface area contributed by atoms with Gasteiger partial charge < -0.3 is 10.6 Å². The van der Waals surface area contributed by atoms with Crippen LogP contribution in [0.25, 0.3) is 0 Å². The molecule has 0 radical (unpaired) electrons. The molecule has 0 aromatic carbocycles. The summed E-state index contributed by atoms with van der Waals surface area (Å²) >= 11 is 0. The van der Waals surface area contributed by atoms with Crippen molar-refractivity contribution >= 4 is 15.9 Å². The van der Waals surface area contributed by atoms with Crippen molar-refractivity contribution in [2.24, 2.45) is 5.41 Å². The molecule has 0 aromatic heterocycles. The van der Waals surface area contributed by atoms with Gasteiger partial charge >= 0.3 is 0 Å². The van der Waals surface area contributed by atoms with Gasteiger partial charge in [0.1, 0.15) is 0 Å². The molecule has 3 N–H and O–H groups in total. The summed E-state index contributed by atoms with van der Waals surface area (Å²) in [5, 5.41) is 6.49. The Morgan fingerprint density at radius 1 is 0.844 bits per heavy atom. The van der Waals surface area contributed by atoms with Gasteiger partial charge in [-0.15, -0.1) is 0 Å². The predicted octanol–water partition coefficient (Wildman–Crippen LogP) is 5.52. The zero-order valence-electron chi connectivity index (χ0n) is 21.8. The van der Waals surface area contributed by atoms with Gasteiger partial charge in [0.05, 0.1) is 17.3 Å². The second-order valence-electron chi connectivity index (χ2n) is 10.0. The highest BCUT2D eigenvalue weighted by Gasteiger charge is 2.36. The molecule has 2 atom stereocenters. The Hall–Kier alpha value is -0.500. The monoisotopic (exact) mass is 476 g/mol.